The molecule has 0 radical (unpaired) electrons. The lowest BCUT2D eigenvalue weighted by atomic mass is 9.93. The maximum absolute atomic E-state index is 12.0. The van der Waals surface area contributed by atoms with Crippen molar-refractivity contribution < 1.29 is 14.7 Å². The van der Waals surface area contributed by atoms with Gasteiger partial charge in [-0.25, -0.2) is 4.79 Å². The summed E-state index contributed by atoms with van der Waals surface area (Å²) in [5.41, 5.74) is -0.539. The van der Waals surface area contributed by atoms with Gasteiger partial charge in [0.15, 0.2) is 0 Å². The second kappa shape index (κ2) is 6.77. The summed E-state index contributed by atoms with van der Waals surface area (Å²) in [6, 6.07) is -0.220. The predicted octanol–water partition coefficient (Wildman–Crippen LogP) is 2.43. The molecular formula is C15H24N2O3. The van der Waals surface area contributed by atoms with Crippen molar-refractivity contribution in [3.8, 4) is 0 Å². The third kappa shape index (κ3) is 4.25. The van der Waals surface area contributed by atoms with Gasteiger partial charge in [-0.1, -0.05) is 25.0 Å². The van der Waals surface area contributed by atoms with Crippen LogP contribution in [0.5, 0.6) is 0 Å². The molecule has 2 rings (SSSR count). The van der Waals surface area contributed by atoms with Crippen LogP contribution in [-0.2, 0) is 4.79 Å². The summed E-state index contributed by atoms with van der Waals surface area (Å²) >= 11 is 0. The van der Waals surface area contributed by atoms with E-state index in [4.69, 9.17) is 5.11 Å². The molecule has 2 aliphatic carbocycles. The van der Waals surface area contributed by atoms with Gasteiger partial charge in [0, 0.05) is 6.54 Å². The van der Waals surface area contributed by atoms with Gasteiger partial charge in [0.1, 0.15) is 0 Å². The normalized spacial score (nSPS) is 24.3. The Labute approximate surface area is 119 Å². The van der Waals surface area contributed by atoms with E-state index >= 15 is 0 Å². The fourth-order valence-electron chi connectivity index (χ4n) is 3.25. The van der Waals surface area contributed by atoms with Gasteiger partial charge in [-0.05, 0) is 38.0 Å². The molecular weight excluding hydrogens is 256 g/mol. The lowest BCUT2D eigenvalue weighted by Gasteiger charge is -2.29. The number of carbonyl (C=O) groups excluding carboxylic acids is 1. The minimum atomic E-state index is -0.843. The first kappa shape index (κ1) is 14.9. The van der Waals surface area contributed by atoms with Gasteiger partial charge in [0.2, 0.25) is 0 Å². The van der Waals surface area contributed by atoms with E-state index in [0.717, 1.165) is 44.9 Å². The molecule has 1 unspecified atom stereocenters. The topological polar surface area (TPSA) is 78.4 Å². The number of rotatable bonds is 5. The summed E-state index contributed by atoms with van der Waals surface area (Å²) in [6.45, 7) is 0.666. The largest absolute Gasteiger partial charge is 0.481 e. The van der Waals surface area contributed by atoms with Gasteiger partial charge >= 0.3 is 12.0 Å². The number of urea groups is 1. The van der Waals surface area contributed by atoms with Crippen molar-refractivity contribution in [1.29, 1.82) is 0 Å². The number of hydrogen-bond donors (Lipinski definition) is 3. The van der Waals surface area contributed by atoms with Gasteiger partial charge < -0.3 is 15.7 Å². The molecule has 0 spiro atoms. The van der Waals surface area contributed by atoms with Crippen LogP contribution in [0.25, 0.3) is 0 Å². The third-order valence-corrected chi connectivity index (χ3v) is 4.36. The molecule has 0 aromatic rings. The van der Waals surface area contributed by atoms with Crippen LogP contribution in [0.15, 0.2) is 12.2 Å². The summed E-state index contributed by atoms with van der Waals surface area (Å²) in [5.74, 6) is -0.339. The number of nitrogens with one attached hydrogen (secondary N) is 2. The zero-order valence-corrected chi connectivity index (χ0v) is 11.9. The quantitative estimate of drug-likeness (QED) is 0.677. The highest BCUT2D eigenvalue weighted by Crippen LogP contribution is 2.32. The molecule has 0 aliphatic heterocycles. The Balaban J connectivity index is 1.79. The van der Waals surface area contributed by atoms with Crippen LogP contribution in [0.3, 0.4) is 0 Å². The summed E-state index contributed by atoms with van der Waals surface area (Å²) < 4.78 is 0. The van der Waals surface area contributed by atoms with Crippen molar-refractivity contribution >= 4 is 12.0 Å². The maximum atomic E-state index is 12.0. The van der Waals surface area contributed by atoms with Gasteiger partial charge in [-0.2, -0.15) is 0 Å². The minimum Gasteiger partial charge on any atom is -0.481 e. The molecule has 20 heavy (non-hydrogen) atoms. The van der Waals surface area contributed by atoms with Crippen LogP contribution in [-0.4, -0.2) is 29.2 Å². The molecule has 0 aromatic carbocycles. The molecule has 0 bridgehead atoms. The first-order valence-corrected chi connectivity index (χ1v) is 7.52. The van der Waals surface area contributed by atoms with E-state index in [0.29, 0.717) is 12.5 Å². The fraction of sp³-hybridized carbons (Fsp3) is 0.733. The Bertz CT molecular complexity index is 387. The average molecular weight is 280 g/mol. The molecule has 1 atom stereocenters. The number of amides is 2. The van der Waals surface area contributed by atoms with E-state index in [1.54, 1.807) is 0 Å². The first-order valence-electron chi connectivity index (χ1n) is 7.52. The highest BCUT2D eigenvalue weighted by atomic mass is 16.4. The minimum absolute atomic E-state index is 0.0204. The van der Waals surface area contributed by atoms with Crippen LogP contribution in [0.1, 0.15) is 51.4 Å². The summed E-state index contributed by atoms with van der Waals surface area (Å²) in [6.07, 6.45) is 11.1. The lowest BCUT2D eigenvalue weighted by Crippen LogP contribution is -2.52. The van der Waals surface area contributed by atoms with E-state index in [-0.39, 0.29) is 12.5 Å². The monoisotopic (exact) mass is 280 g/mol. The van der Waals surface area contributed by atoms with Crippen molar-refractivity contribution in [2.24, 2.45) is 5.92 Å². The molecule has 0 heterocycles. The molecule has 2 amide bonds. The van der Waals surface area contributed by atoms with Crippen LogP contribution in [0, 0.1) is 5.92 Å². The Morgan fingerprint density at radius 2 is 2.00 bits per heavy atom. The van der Waals surface area contributed by atoms with Crippen LogP contribution in [0.2, 0.25) is 0 Å². The smallest absolute Gasteiger partial charge is 0.315 e. The van der Waals surface area contributed by atoms with E-state index < -0.39 is 11.5 Å². The van der Waals surface area contributed by atoms with Gasteiger partial charge in [0.25, 0.3) is 0 Å². The van der Waals surface area contributed by atoms with E-state index in [1.165, 1.54) is 0 Å². The molecule has 0 saturated heterocycles. The van der Waals surface area contributed by atoms with Gasteiger partial charge in [-0.15, -0.1) is 0 Å². The Hall–Kier alpha value is -1.52. The van der Waals surface area contributed by atoms with Gasteiger partial charge in [-0.3, -0.25) is 4.79 Å². The van der Waals surface area contributed by atoms with Crippen molar-refractivity contribution in [2.45, 2.75) is 56.9 Å². The molecule has 2 aliphatic rings. The zero-order chi connectivity index (χ0) is 14.4. The number of carbonyl (C=O) groups is 2. The second-order valence-electron chi connectivity index (χ2n) is 6.04. The van der Waals surface area contributed by atoms with Crippen molar-refractivity contribution in [3.05, 3.63) is 12.2 Å². The highest BCUT2D eigenvalue weighted by Gasteiger charge is 2.37. The van der Waals surface area contributed by atoms with E-state index in [1.807, 2.05) is 0 Å². The van der Waals surface area contributed by atoms with E-state index in [9.17, 15) is 9.59 Å². The third-order valence-electron chi connectivity index (χ3n) is 4.36. The molecule has 3 N–H and O–H groups in total. The zero-order valence-electron chi connectivity index (χ0n) is 11.9. The lowest BCUT2D eigenvalue weighted by molar-refractivity contribution is -0.138. The second-order valence-corrected chi connectivity index (χ2v) is 6.04. The van der Waals surface area contributed by atoms with Crippen LogP contribution in [0.4, 0.5) is 4.79 Å². The molecule has 0 aromatic heterocycles. The molecule has 112 valence electrons. The Morgan fingerprint density at radius 1 is 1.25 bits per heavy atom. The summed E-state index contributed by atoms with van der Waals surface area (Å²) in [4.78, 5) is 23.0. The Kier molecular flexibility index (Phi) is 5.04. The van der Waals surface area contributed by atoms with Gasteiger partial charge in [0.05, 0.1) is 12.0 Å². The number of allylic oxidation sites excluding steroid dienone is 2. The molecule has 5 nitrogen and oxygen atoms in total. The van der Waals surface area contributed by atoms with Crippen molar-refractivity contribution in [3.63, 3.8) is 0 Å². The number of aliphatic carboxylic acids is 1. The Morgan fingerprint density at radius 3 is 2.60 bits per heavy atom. The van der Waals surface area contributed by atoms with Crippen molar-refractivity contribution in [2.75, 3.05) is 6.54 Å². The average Bonchev–Trinajstić information content (AvgIpc) is 2.85. The molecule has 1 fully saturated rings. The highest BCUT2D eigenvalue weighted by molar-refractivity contribution is 5.76. The maximum Gasteiger partial charge on any atom is 0.315 e. The molecule has 5 heteroatoms. The summed E-state index contributed by atoms with van der Waals surface area (Å²) in [5, 5.41) is 14.8. The van der Waals surface area contributed by atoms with E-state index in [2.05, 4.69) is 22.8 Å². The van der Waals surface area contributed by atoms with Crippen LogP contribution < -0.4 is 10.6 Å². The fourth-order valence-corrected chi connectivity index (χ4v) is 3.25. The first-order chi connectivity index (χ1) is 9.60. The number of carboxylic acids is 1. The number of carboxylic acid groups (broad SMARTS) is 1. The predicted molar refractivity (Wildman–Crippen MR) is 76.5 cm³/mol. The SMILES string of the molecule is O=C(O)CC1(NC(=O)NCC2CC=CCC2)CCCC1. The number of hydrogen-bond acceptors (Lipinski definition) is 2. The molecule has 1 saturated carbocycles. The standard InChI is InChI=1S/C15H24N2O3/c18-13(19)10-15(8-4-5-9-15)17-14(20)16-11-12-6-2-1-3-7-12/h1-2,12H,3-11H2,(H,18,19)(H2,16,17,20). The summed E-state index contributed by atoms with van der Waals surface area (Å²) in [7, 11) is 0. The van der Waals surface area contributed by atoms with Crippen molar-refractivity contribution in [1.82, 2.24) is 10.6 Å². The van der Waals surface area contributed by atoms with Crippen LogP contribution >= 0.6 is 0 Å².